The lowest BCUT2D eigenvalue weighted by Crippen LogP contribution is -1.87. The minimum absolute atomic E-state index is 0.270. The van der Waals surface area contributed by atoms with Crippen molar-refractivity contribution >= 4 is 0 Å². The molecule has 1 aromatic carbocycles. The van der Waals surface area contributed by atoms with Crippen molar-refractivity contribution in [2.24, 2.45) is 0 Å². The number of rotatable bonds is 1. The van der Waals surface area contributed by atoms with E-state index in [4.69, 9.17) is 0 Å². The normalized spacial score (nSPS) is 10.3. The van der Waals surface area contributed by atoms with Crippen LogP contribution in [-0.2, 0) is 0 Å². The maximum absolute atomic E-state index is 13.1. The molecule has 66 valence electrons. The molecule has 0 spiro atoms. The third kappa shape index (κ3) is 1.42. The molecule has 0 amide bonds. The highest BCUT2D eigenvalue weighted by molar-refractivity contribution is 5.55. The topological polar surface area (TPSA) is 28.7 Å². The van der Waals surface area contributed by atoms with Crippen LogP contribution in [0.15, 0.2) is 30.6 Å². The van der Waals surface area contributed by atoms with E-state index < -0.39 is 11.6 Å². The highest BCUT2D eigenvalue weighted by Gasteiger charge is 2.07. The molecule has 1 N–H and O–H groups in total. The standard InChI is InChI=1S/C9H6F2N2/c10-6-1-2-7(8(11)5-6)9-12-3-4-13-9/h1-5H,(H,12,13). The van der Waals surface area contributed by atoms with Gasteiger partial charge in [-0.15, -0.1) is 0 Å². The Morgan fingerprint density at radius 3 is 2.69 bits per heavy atom. The van der Waals surface area contributed by atoms with Crippen LogP contribution in [-0.4, -0.2) is 9.97 Å². The molecule has 0 atom stereocenters. The lowest BCUT2D eigenvalue weighted by molar-refractivity contribution is 0.585. The summed E-state index contributed by atoms with van der Waals surface area (Å²) in [5, 5.41) is 0. The summed E-state index contributed by atoms with van der Waals surface area (Å²) in [6.45, 7) is 0. The van der Waals surface area contributed by atoms with E-state index >= 15 is 0 Å². The second kappa shape index (κ2) is 2.97. The van der Waals surface area contributed by atoms with Gasteiger partial charge in [-0.3, -0.25) is 0 Å². The predicted octanol–water partition coefficient (Wildman–Crippen LogP) is 2.35. The highest BCUT2D eigenvalue weighted by Crippen LogP contribution is 2.19. The van der Waals surface area contributed by atoms with Crippen LogP contribution < -0.4 is 0 Å². The van der Waals surface area contributed by atoms with E-state index in [1.165, 1.54) is 18.3 Å². The fourth-order valence-corrected chi connectivity index (χ4v) is 1.09. The molecule has 2 rings (SSSR count). The van der Waals surface area contributed by atoms with E-state index in [1.54, 1.807) is 6.20 Å². The first-order chi connectivity index (χ1) is 6.27. The van der Waals surface area contributed by atoms with Crippen LogP contribution >= 0.6 is 0 Å². The molecular formula is C9H6F2N2. The molecule has 2 nitrogen and oxygen atoms in total. The summed E-state index contributed by atoms with van der Waals surface area (Å²) in [5.41, 5.74) is 0.270. The van der Waals surface area contributed by atoms with E-state index in [1.807, 2.05) is 0 Å². The minimum atomic E-state index is -0.616. The van der Waals surface area contributed by atoms with Crippen LogP contribution in [0.3, 0.4) is 0 Å². The number of nitrogens with one attached hydrogen (secondary N) is 1. The molecule has 1 heterocycles. The Kier molecular flexibility index (Phi) is 1.81. The first-order valence-electron chi connectivity index (χ1n) is 3.72. The van der Waals surface area contributed by atoms with Crippen molar-refractivity contribution in [2.75, 3.05) is 0 Å². The van der Waals surface area contributed by atoms with Crippen LogP contribution in [0.5, 0.6) is 0 Å². The number of aromatic nitrogens is 2. The molecule has 0 aliphatic heterocycles. The number of hydrogen-bond donors (Lipinski definition) is 1. The molecule has 2 aromatic rings. The number of benzene rings is 1. The highest BCUT2D eigenvalue weighted by atomic mass is 19.1. The Balaban J connectivity index is 2.53. The molecule has 0 saturated heterocycles. The van der Waals surface area contributed by atoms with E-state index in [-0.39, 0.29) is 5.56 Å². The molecule has 0 aliphatic carbocycles. The van der Waals surface area contributed by atoms with Gasteiger partial charge < -0.3 is 4.98 Å². The predicted molar refractivity (Wildman–Crippen MR) is 43.9 cm³/mol. The van der Waals surface area contributed by atoms with E-state index in [2.05, 4.69) is 9.97 Å². The summed E-state index contributed by atoms with van der Waals surface area (Å²) in [7, 11) is 0. The number of nitrogens with zero attached hydrogens (tertiary/aromatic N) is 1. The van der Waals surface area contributed by atoms with Gasteiger partial charge in [-0.2, -0.15) is 0 Å². The molecule has 13 heavy (non-hydrogen) atoms. The molecule has 0 bridgehead atoms. The summed E-state index contributed by atoms with van der Waals surface area (Å²) >= 11 is 0. The number of imidazole rings is 1. The van der Waals surface area contributed by atoms with Crippen LogP contribution in [0.2, 0.25) is 0 Å². The molecule has 1 aromatic heterocycles. The monoisotopic (exact) mass is 180 g/mol. The Morgan fingerprint density at radius 2 is 2.08 bits per heavy atom. The SMILES string of the molecule is Fc1ccc(-c2ncc[nH]2)c(F)c1. The van der Waals surface area contributed by atoms with Gasteiger partial charge in [-0.25, -0.2) is 13.8 Å². The van der Waals surface area contributed by atoms with Crippen LogP contribution in [0.25, 0.3) is 11.4 Å². The van der Waals surface area contributed by atoms with Crippen molar-refractivity contribution in [3.63, 3.8) is 0 Å². The summed E-state index contributed by atoms with van der Waals surface area (Å²) in [4.78, 5) is 6.60. The zero-order valence-electron chi connectivity index (χ0n) is 6.59. The van der Waals surface area contributed by atoms with Crippen molar-refractivity contribution in [3.8, 4) is 11.4 Å². The second-order valence-electron chi connectivity index (χ2n) is 2.56. The van der Waals surface area contributed by atoms with Gasteiger partial charge >= 0.3 is 0 Å². The second-order valence-corrected chi connectivity index (χ2v) is 2.56. The maximum Gasteiger partial charge on any atom is 0.140 e. The van der Waals surface area contributed by atoms with Gasteiger partial charge in [0, 0.05) is 18.5 Å². The molecule has 0 saturated carbocycles. The van der Waals surface area contributed by atoms with Gasteiger partial charge in [0.1, 0.15) is 17.5 Å². The third-order valence-electron chi connectivity index (χ3n) is 1.68. The smallest absolute Gasteiger partial charge is 0.140 e. The summed E-state index contributed by atoms with van der Waals surface area (Å²) in [5.74, 6) is -0.805. The van der Waals surface area contributed by atoms with Gasteiger partial charge in [-0.05, 0) is 12.1 Å². The van der Waals surface area contributed by atoms with E-state index in [0.717, 1.165) is 6.07 Å². The quantitative estimate of drug-likeness (QED) is 0.716. The summed E-state index contributed by atoms with van der Waals surface area (Å²) < 4.78 is 25.6. The van der Waals surface area contributed by atoms with Crippen LogP contribution in [0.1, 0.15) is 0 Å². The zero-order chi connectivity index (χ0) is 9.26. The molecule has 0 radical (unpaired) electrons. The summed E-state index contributed by atoms with van der Waals surface area (Å²) in [6.07, 6.45) is 3.09. The van der Waals surface area contributed by atoms with Crippen molar-refractivity contribution in [3.05, 3.63) is 42.2 Å². The zero-order valence-corrected chi connectivity index (χ0v) is 6.59. The van der Waals surface area contributed by atoms with E-state index in [9.17, 15) is 8.78 Å². The first kappa shape index (κ1) is 7.91. The average molecular weight is 180 g/mol. The lowest BCUT2D eigenvalue weighted by Gasteiger charge is -1.98. The van der Waals surface area contributed by atoms with Gasteiger partial charge in [0.05, 0.1) is 5.56 Å². The largest absolute Gasteiger partial charge is 0.345 e. The molecule has 0 fully saturated rings. The molecule has 4 heteroatoms. The van der Waals surface area contributed by atoms with Crippen molar-refractivity contribution < 1.29 is 8.78 Å². The van der Waals surface area contributed by atoms with Gasteiger partial charge in [0.15, 0.2) is 0 Å². The Labute approximate surface area is 73.2 Å². The fourth-order valence-electron chi connectivity index (χ4n) is 1.09. The average Bonchev–Trinajstić information content (AvgIpc) is 2.56. The minimum Gasteiger partial charge on any atom is -0.345 e. The van der Waals surface area contributed by atoms with E-state index in [0.29, 0.717) is 5.82 Å². The first-order valence-corrected chi connectivity index (χ1v) is 3.72. The number of aromatic amines is 1. The van der Waals surface area contributed by atoms with Gasteiger partial charge in [0.25, 0.3) is 0 Å². The Morgan fingerprint density at radius 1 is 1.23 bits per heavy atom. The maximum atomic E-state index is 13.1. The summed E-state index contributed by atoms with van der Waals surface area (Å²) in [6, 6.07) is 3.38. The Hall–Kier alpha value is -1.71. The van der Waals surface area contributed by atoms with Crippen LogP contribution in [0, 0.1) is 11.6 Å². The molecule has 0 unspecified atom stereocenters. The van der Waals surface area contributed by atoms with Gasteiger partial charge in [-0.1, -0.05) is 0 Å². The van der Waals surface area contributed by atoms with Crippen LogP contribution in [0.4, 0.5) is 8.78 Å². The Bertz CT molecular complexity index is 410. The van der Waals surface area contributed by atoms with Crippen molar-refractivity contribution in [1.82, 2.24) is 9.97 Å². The molecular weight excluding hydrogens is 174 g/mol. The third-order valence-corrected chi connectivity index (χ3v) is 1.68. The number of halogens is 2. The number of hydrogen-bond acceptors (Lipinski definition) is 1. The lowest BCUT2D eigenvalue weighted by atomic mass is 10.2. The van der Waals surface area contributed by atoms with Gasteiger partial charge in [0.2, 0.25) is 0 Å². The number of H-pyrrole nitrogens is 1. The fraction of sp³-hybridized carbons (Fsp3) is 0. The van der Waals surface area contributed by atoms with Crippen molar-refractivity contribution in [2.45, 2.75) is 0 Å². The molecule has 0 aliphatic rings. The van der Waals surface area contributed by atoms with Crippen molar-refractivity contribution in [1.29, 1.82) is 0 Å².